The summed E-state index contributed by atoms with van der Waals surface area (Å²) in [7, 11) is 0. The highest BCUT2D eigenvalue weighted by atomic mass is 79.9. The smallest absolute Gasteiger partial charge is 0.259 e. The van der Waals surface area contributed by atoms with Crippen molar-refractivity contribution >= 4 is 27.5 Å². The van der Waals surface area contributed by atoms with Gasteiger partial charge >= 0.3 is 0 Å². The summed E-state index contributed by atoms with van der Waals surface area (Å²) in [5.41, 5.74) is 1.97. The Morgan fingerprint density at radius 3 is 2.61 bits per heavy atom. The maximum atomic E-state index is 12.0. The minimum atomic E-state index is -0.334. The molecule has 2 aromatic carbocycles. The highest BCUT2D eigenvalue weighted by Crippen LogP contribution is 2.27. The summed E-state index contributed by atoms with van der Waals surface area (Å²) in [6, 6.07) is 12.1. The number of benzene rings is 2. The van der Waals surface area contributed by atoms with Crippen LogP contribution >= 0.6 is 15.9 Å². The SMILES string of the molecule is Cc1cccc(NC(=O)c2ccccc2O)c1Br. The van der Waals surface area contributed by atoms with Gasteiger partial charge in [0, 0.05) is 4.47 Å². The maximum absolute atomic E-state index is 12.0. The first-order valence-corrected chi connectivity index (χ1v) is 6.23. The Hall–Kier alpha value is -1.81. The first-order valence-electron chi connectivity index (χ1n) is 5.44. The van der Waals surface area contributed by atoms with Crippen LogP contribution in [-0.4, -0.2) is 11.0 Å². The predicted molar refractivity (Wildman–Crippen MR) is 74.9 cm³/mol. The Morgan fingerprint density at radius 2 is 1.89 bits per heavy atom. The third-order valence-corrected chi connectivity index (χ3v) is 3.64. The monoisotopic (exact) mass is 305 g/mol. The number of phenolic OH excluding ortho intramolecular Hbond substituents is 1. The lowest BCUT2D eigenvalue weighted by atomic mass is 10.1. The van der Waals surface area contributed by atoms with Crippen LogP contribution in [-0.2, 0) is 0 Å². The fraction of sp³-hybridized carbons (Fsp3) is 0.0714. The van der Waals surface area contributed by atoms with E-state index in [2.05, 4.69) is 21.2 Å². The molecule has 0 aliphatic rings. The maximum Gasteiger partial charge on any atom is 0.259 e. The summed E-state index contributed by atoms with van der Waals surface area (Å²) >= 11 is 3.42. The van der Waals surface area contributed by atoms with E-state index >= 15 is 0 Å². The third kappa shape index (κ3) is 2.54. The lowest BCUT2D eigenvalue weighted by molar-refractivity contribution is 0.102. The number of rotatable bonds is 2. The second-order valence-electron chi connectivity index (χ2n) is 3.91. The highest BCUT2D eigenvalue weighted by Gasteiger charge is 2.12. The molecule has 0 aliphatic heterocycles. The van der Waals surface area contributed by atoms with Gasteiger partial charge in [0.05, 0.1) is 11.3 Å². The summed E-state index contributed by atoms with van der Waals surface area (Å²) in [6.07, 6.45) is 0. The molecule has 18 heavy (non-hydrogen) atoms. The van der Waals surface area contributed by atoms with E-state index < -0.39 is 0 Å². The van der Waals surface area contributed by atoms with Gasteiger partial charge in [-0.15, -0.1) is 0 Å². The lowest BCUT2D eigenvalue weighted by Gasteiger charge is -2.09. The molecule has 92 valence electrons. The van der Waals surface area contributed by atoms with Crippen molar-refractivity contribution in [2.75, 3.05) is 5.32 Å². The Morgan fingerprint density at radius 1 is 1.17 bits per heavy atom. The van der Waals surface area contributed by atoms with Crippen molar-refractivity contribution in [2.45, 2.75) is 6.92 Å². The molecular weight excluding hydrogens is 294 g/mol. The number of aryl methyl sites for hydroxylation is 1. The van der Waals surface area contributed by atoms with E-state index in [1.54, 1.807) is 24.3 Å². The third-order valence-electron chi connectivity index (χ3n) is 2.59. The zero-order valence-corrected chi connectivity index (χ0v) is 11.4. The highest BCUT2D eigenvalue weighted by molar-refractivity contribution is 9.10. The molecule has 0 spiro atoms. The summed E-state index contributed by atoms with van der Waals surface area (Å²) < 4.78 is 0.841. The van der Waals surface area contributed by atoms with Gasteiger partial charge in [-0.2, -0.15) is 0 Å². The van der Waals surface area contributed by atoms with Gasteiger partial charge in [-0.25, -0.2) is 0 Å². The van der Waals surface area contributed by atoms with Gasteiger partial charge in [0.2, 0.25) is 0 Å². The van der Waals surface area contributed by atoms with E-state index in [-0.39, 0.29) is 17.2 Å². The molecule has 0 unspecified atom stereocenters. The Bertz CT molecular complexity index is 596. The number of phenols is 1. The van der Waals surface area contributed by atoms with Crippen LogP contribution in [0.2, 0.25) is 0 Å². The van der Waals surface area contributed by atoms with Crippen molar-refractivity contribution in [3.8, 4) is 5.75 Å². The molecule has 4 heteroatoms. The van der Waals surface area contributed by atoms with E-state index in [1.165, 1.54) is 6.07 Å². The topological polar surface area (TPSA) is 49.3 Å². The number of anilines is 1. The Kier molecular flexibility index (Phi) is 3.67. The number of hydrogen-bond donors (Lipinski definition) is 2. The second-order valence-corrected chi connectivity index (χ2v) is 4.70. The van der Waals surface area contributed by atoms with E-state index in [1.807, 2.05) is 19.1 Å². The molecule has 0 heterocycles. The van der Waals surface area contributed by atoms with Crippen molar-refractivity contribution < 1.29 is 9.90 Å². The van der Waals surface area contributed by atoms with Crippen molar-refractivity contribution in [3.63, 3.8) is 0 Å². The van der Waals surface area contributed by atoms with Crippen molar-refractivity contribution in [1.82, 2.24) is 0 Å². The van der Waals surface area contributed by atoms with Gasteiger partial charge in [0.25, 0.3) is 5.91 Å². The minimum Gasteiger partial charge on any atom is -0.507 e. The molecule has 1 amide bonds. The fourth-order valence-electron chi connectivity index (χ4n) is 1.60. The Labute approximate surface area is 114 Å². The van der Waals surface area contributed by atoms with Crippen LogP contribution in [0.15, 0.2) is 46.9 Å². The molecule has 0 bridgehead atoms. The van der Waals surface area contributed by atoms with Crippen LogP contribution in [0.5, 0.6) is 5.75 Å². The molecule has 0 saturated heterocycles. The average molecular weight is 306 g/mol. The quantitative estimate of drug-likeness (QED) is 0.888. The van der Waals surface area contributed by atoms with Gasteiger partial charge in [0.15, 0.2) is 0 Å². The summed E-state index contributed by atoms with van der Waals surface area (Å²) in [5.74, 6) is -0.363. The molecule has 0 atom stereocenters. The number of carbonyl (C=O) groups excluding carboxylic acids is 1. The molecule has 0 fully saturated rings. The number of aromatic hydroxyl groups is 1. The number of para-hydroxylation sites is 1. The van der Waals surface area contributed by atoms with Crippen LogP contribution in [0, 0.1) is 6.92 Å². The normalized spacial score (nSPS) is 10.1. The fourth-order valence-corrected chi connectivity index (χ4v) is 1.96. The van der Waals surface area contributed by atoms with Crippen LogP contribution in [0.4, 0.5) is 5.69 Å². The molecule has 3 nitrogen and oxygen atoms in total. The molecule has 2 rings (SSSR count). The number of nitrogens with one attached hydrogen (secondary N) is 1. The lowest BCUT2D eigenvalue weighted by Crippen LogP contribution is -2.12. The minimum absolute atomic E-state index is 0.0289. The molecule has 0 radical (unpaired) electrons. The van der Waals surface area contributed by atoms with Crippen molar-refractivity contribution in [1.29, 1.82) is 0 Å². The van der Waals surface area contributed by atoms with E-state index in [4.69, 9.17) is 0 Å². The van der Waals surface area contributed by atoms with Gasteiger partial charge in [-0.05, 0) is 46.6 Å². The van der Waals surface area contributed by atoms with Gasteiger partial charge in [0.1, 0.15) is 5.75 Å². The van der Waals surface area contributed by atoms with Gasteiger partial charge < -0.3 is 10.4 Å². The van der Waals surface area contributed by atoms with Gasteiger partial charge in [-0.1, -0.05) is 24.3 Å². The second kappa shape index (κ2) is 5.23. The number of hydrogen-bond acceptors (Lipinski definition) is 2. The van der Waals surface area contributed by atoms with Crippen LogP contribution in [0.3, 0.4) is 0 Å². The molecule has 2 N–H and O–H groups in total. The van der Waals surface area contributed by atoms with E-state index in [0.717, 1.165) is 10.0 Å². The number of amides is 1. The van der Waals surface area contributed by atoms with Crippen LogP contribution in [0.1, 0.15) is 15.9 Å². The zero-order valence-electron chi connectivity index (χ0n) is 9.77. The van der Waals surface area contributed by atoms with Crippen molar-refractivity contribution in [3.05, 3.63) is 58.1 Å². The number of halogens is 1. The molecule has 0 aromatic heterocycles. The standard InChI is InChI=1S/C14H12BrNO2/c1-9-5-4-7-11(13(9)15)16-14(18)10-6-2-3-8-12(10)17/h2-8,17H,1H3,(H,16,18). The summed E-state index contributed by atoms with van der Waals surface area (Å²) in [5, 5.41) is 12.4. The van der Waals surface area contributed by atoms with Crippen LogP contribution in [0.25, 0.3) is 0 Å². The largest absolute Gasteiger partial charge is 0.507 e. The van der Waals surface area contributed by atoms with Gasteiger partial charge in [-0.3, -0.25) is 4.79 Å². The molecule has 2 aromatic rings. The van der Waals surface area contributed by atoms with E-state index in [0.29, 0.717) is 5.69 Å². The van der Waals surface area contributed by atoms with E-state index in [9.17, 15) is 9.90 Å². The zero-order chi connectivity index (χ0) is 13.1. The first kappa shape index (κ1) is 12.6. The predicted octanol–water partition coefficient (Wildman–Crippen LogP) is 3.72. The Balaban J connectivity index is 2.27. The molecule has 0 aliphatic carbocycles. The summed E-state index contributed by atoms with van der Waals surface area (Å²) in [4.78, 5) is 12.0. The van der Waals surface area contributed by atoms with Crippen molar-refractivity contribution in [2.24, 2.45) is 0 Å². The first-order chi connectivity index (χ1) is 8.59. The average Bonchev–Trinajstić information content (AvgIpc) is 2.35. The number of carbonyl (C=O) groups is 1. The summed E-state index contributed by atoms with van der Waals surface area (Å²) in [6.45, 7) is 1.94. The van der Waals surface area contributed by atoms with Crippen LogP contribution < -0.4 is 5.32 Å². The molecule has 0 saturated carbocycles. The molecular formula is C14H12BrNO2.